The van der Waals surface area contributed by atoms with Crippen LogP contribution in [0.25, 0.3) is 41.6 Å². The molecular formula is C45H32F6N4O7S2. The maximum Gasteiger partial charge on any atom is 0.573 e. The number of anilines is 2. The molecule has 0 saturated heterocycles. The number of carbonyl (C=O) groups excluding carboxylic acids is 2. The Labute approximate surface area is 366 Å². The summed E-state index contributed by atoms with van der Waals surface area (Å²) >= 11 is 2.85. The molecule has 5 N–H and O–H groups in total. The third kappa shape index (κ3) is 10.8. The molecule has 0 atom stereocenters. The minimum Gasteiger partial charge on any atom is -0.508 e. The Morgan fingerprint density at radius 1 is 0.547 bits per heavy atom. The van der Waals surface area contributed by atoms with Crippen LogP contribution in [0.5, 0.6) is 28.7 Å². The summed E-state index contributed by atoms with van der Waals surface area (Å²) in [5.41, 5.74) is 5.87. The van der Waals surface area contributed by atoms with Crippen molar-refractivity contribution in [3.8, 4) is 49.9 Å². The molecule has 0 spiro atoms. The first-order valence-corrected chi connectivity index (χ1v) is 20.3. The summed E-state index contributed by atoms with van der Waals surface area (Å²) in [5, 5.41) is 36.3. The summed E-state index contributed by atoms with van der Waals surface area (Å²) in [7, 11) is 0. The first-order valence-electron chi connectivity index (χ1n) is 18.7. The number of hydrogen-bond acceptors (Lipinski definition) is 11. The average Bonchev–Trinajstić information content (AvgIpc) is 3.82. The van der Waals surface area contributed by atoms with Crippen LogP contribution in [0.15, 0.2) is 109 Å². The molecular weight excluding hydrogens is 887 g/mol. The fraction of sp³-hybridized carbons (Fsp3) is 0.111. The lowest BCUT2D eigenvalue weighted by Gasteiger charge is -2.13. The molecule has 64 heavy (non-hydrogen) atoms. The van der Waals surface area contributed by atoms with E-state index in [4.69, 9.17) is 4.98 Å². The van der Waals surface area contributed by atoms with Gasteiger partial charge >= 0.3 is 12.7 Å². The lowest BCUT2D eigenvalue weighted by Crippen LogP contribution is -2.18. The van der Waals surface area contributed by atoms with Gasteiger partial charge in [-0.3, -0.25) is 9.59 Å². The molecule has 0 unspecified atom stereocenters. The number of aromatic nitrogens is 2. The Hall–Kier alpha value is -7.38. The number of fused-ring (bicyclic) bond motifs is 2. The predicted octanol–water partition coefficient (Wildman–Crippen LogP) is 12.3. The number of benzene rings is 6. The molecule has 8 aromatic rings. The second-order valence-electron chi connectivity index (χ2n) is 14.1. The number of rotatable bonds is 8. The summed E-state index contributed by atoms with van der Waals surface area (Å²) < 4.78 is 84.2. The maximum atomic E-state index is 12.7. The van der Waals surface area contributed by atoms with Crippen LogP contribution in [0.2, 0.25) is 0 Å². The highest BCUT2D eigenvalue weighted by Gasteiger charge is 2.32. The van der Waals surface area contributed by atoms with Crippen molar-refractivity contribution in [3.63, 3.8) is 0 Å². The van der Waals surface area contributed by atoms with Gasteiger partial charge in [0.05, 0.1) is 31.6 Å². The minimum atomic E-state index is -4.95. The quantitative estimate of drug-likeness (QED) is 0.0934. The summed E-state index contributed by atoms with van der Waals surface area (Å²) in [6.07, 6.45) is -9.78. The maximum absolute atomic E-state index is 12.7. The Morgan fingerprint density at radius 3 is 1.69 bits per heavy atom. The summed E-state index contributed by atoms with van der Waals surface area (Å²) in [6.45, 7) is 5.61. The molecule has 2 amide bonds. The van der Waals surface area contributed by atoms with E-state index < -0.39 is 47.4 Å². The number of carbonyl (C=O) groups is 2. The van der Waals surface area contributed by atoms with Crippen molar-refractivity contribution < 1.29 is 60.7 Å². The Balaban J connectivity index is 0.000000191. The highest BCUT2D eigenvalue weighted by Crippen LogP contribution is 2.39. The van der Waals surface area contributed by atoms with E-state index in [0.717, 1.165) is 50.6 Å². The largest absolute Gasteiger partial charge is 0.573 e. The number of nitrogens with zero attached hydrogens (tertiary/aromatic N) is 2. The third-order valence-corrected chi connectivity index (χ3v) is 11.4. The second kappa shape index (κ2) is 17.8. The van der Waals surface area contributed by atoms with E-state index in [2.05, 4.69) is 31.2 Å². The van der Waals surface area contributed by atoms with Gasteiger partial charge in [0.1, 0.15) is 38.8 Å². The normalized spacial score (nSPS) is 11.5. The molecule has 2 aromatic heterocycles. The summed E-state index contributed by atoms with van der Waals surface area (Å²) in [4.78, 5) is 34.2. The van der Waals surface area contributed by atoms with Crippen molar-refractivity contribution >= 4 is 66.3 Å². The molecule has 0 aliphatic carbocycles. The number of nitrogens with one attached hydrogen (secondary N) is 2. The molecule has 2 heterocycles. The number of halogens is 6. The smallest absolute Gasteiger partial charge is 0.508 e. The van der Waals surface area contributed by atoms with Gasteiger partial charge in [-0.05, 0) is 128 Å². The van der Waals surface area contributed by atoms with Crippen LogP contribution in [-0.2, 0) is 0 Å². The second-order valence-corrected chi connectivity index (χ2v) is 16.1. The van der Waals surface area contributed by atoms with Crippen molar-refractivity contribution in [2.24, 2.45) is 0 Å². The van der Waals surface area contributed by atoms with Crippen LogP contribution in [0.3, 0.4) is 0 Å². The van der Waals surface area contributed by atoms with Crippen LogP contribution < -0.4 is 20.1 Å². The fourth-order valence-electron chi connectivity index (χ4n) is 6.28. The predicted molar refractivity (Wildman–Crippen MR) is 231 cm³/mol. The first-order chi connectivity index (χ1) is 30.2. The zero-order chi connectivity index (χ0) is 46.1. The number of ether oxygens (including phenoxy) is 2. The number of hydrogen-bond donors (Lipinski definition) is 5. The Morgan fingerprint density at radius 2 is 1.08 bits per heavy atom. The molecule has 0 bridgehead atoms. The highest BCUT2D eigenvalue weighted by atomic mass is 32.1. The van der Waals surface area contributed by atoms with Crippen molar-refractivity contribution in [1.82, 2.24) is 9.97 Å². The number of aromatic hydroxyl groups is 3. The minimum absolute atomic E-state index is 0.0861. The van der Waals surface area contributed by atoms with Crippen molar-refractivity contribution in [2.75, 3.05) is 10.6 Å². The molecule has 19 heteroatoms. The van der Waals surface area contributed by atoms with Crippen LogP contribution in [-0.4, -0.2) is 49.8 Å². The van der Waals surface area contributed by atoms with E-state index in [1.54, 1.807) is 36.5 Å². The fourth-order valence-corrected chi connectivity index (χ4v) is 8.47. The average molecular weight is 919 g/mol. The summed E-state index contributed by atoms with van der Waals surface area (Å²) in [5.74, 6) is -3.19. The van der Waals surface area contributed by atoms with E-state index in [9.17, 15) is 51.3 Å². The lowest BCUT2D eigenvalue weighted by atomic mass is 10.1. The molecule has 0 aliphatic rings. The number of phenols is 3. The molecule has 8 rings (SSSR count). The Bertz CT molecular complexity index is 2870. The van der Waals surface area contributed by atoms with Crippen LogP contribution >= 0.6 is 22.7 Å². The van der Waals surface area contributed by atoms with Crippen LogP contribution in [0, 0.1) is 20.8 Å². The molecule has 11 nitrogen and oxygen atoms in total. The van der Waals surface area contributed by atoms with Gasteiger partial charge in [0.2, 0.25) is 0 Å². The zero-order valence-electron chi connectivity index (χ0n) is 33.3. The van der Waals surface area contributed by atoms with Gasteiger partial charge in [-0.15, -0.1) is 49.0 Å². The highest BCUT2D eigenvalue weighted by molar-refractivity contribution is 7.22. The molecule has 0 fully saturated rings. The van der Waals surface area contributed by atoms with Crippen LogP contribution in [0.1, 0.15) is 37.4 Å². The standard InChI is InChI=1S/C24H19F3N2O2S.C21H13F3N2O5S/c1-13-4-9-20-21(10-13)32-23(29-20)18-8-6-16(11-15(18)3)28-22(30)19-12-17(7-5-14(19)2)31-24(25,26)27;22-21(23,24)31-12-3-6-16(28)14(9-12)19(30)25-10-1-4-13(17(29)7-10)20-26-15-5-2-11(27)8-18(15)32-20/h4-12H,1-3H3,(H,28,30);1-9,27-29H,(H,25,30). The van der Waals surface area contributed by atoms with E-state index in [1.165, 1.54) is 53.3 Å². The van der Waals surface area contributed by atoms with Gasteiger partial charge in [-0.25, -0.2) is 9.97 Å². The SMILES string of the molecule is Cc1ccc2nc(-c3ccc(NC(=O)c4cc(OC(F)(F)F)ccc4C)cc3C)sc2c1.O=C(Nc1ccc(-c2nc3ccc(O)cc3s2)c(O)c1)c1cc(OC(F)(F)F)ccc1O. The number of thiazole rings is 2. The molecule has 6 aromatic carbocycles. The van der Waals surface area contributed by atoms with Gasteiger partial charge < -0.3 is 35.4 Å². The third-order valence-electron chi connectivity index (χ3n) is 9.25. The number of aryl methyl sites for hydroxylation is 3. The van der Waals surface area contributed by atoms with Gasteiger partial charge in [0.15, 0.2) is 0 Å². The molecule has 328 valence electrons. The number of alkyl halides is 6. The van der Waals surface area contributed by atoms with Gasteiger partial charge in [0, 0.05) is 28.6 Å². The topological polar surface area (TPSA) is 163 Å². The van der Waals surface area contributed by atoms with Crippen LogP contribution in [0.4, 0.5) is 37.7 Å². The monoisotopic (exact) mass is 918 g/mol. The number of amides is 2. The van der Waals surface area contributed by atoms with Crippen molar-refractivity contribution in [1.29, 1.82) is 0 Å². The van der Waals surface area contributed by atoms with Gasteiger partial charge in [-0.2, -0.15) is 0 Å². The van der Waals surface area contributed by atoms with Gasteiger partial charge in [-0.1, -0.05) is 12.1 Å². The van der Waals surface area contributed by atoms with Gasteiger partial charge in [0.25, 0.3) is 11.8 Å². The molecule has 0 radical (unpaired) electrons. The Kier molecular flexibility index (Phi) is 12.4. The molecule has 0 aliphatic heterocycles. The zero-order valence-corrected chi connectivity index (χ0v) is 35.0. The number of phenolic OH excluding ortho intramolecular Hbond substituents is 3. The van der Waals surface area contributed by atoms with Crippen molar-refractivity contribution in [2.45, 2.75) is 33.5 Å². The van der Waals surface area contributed by atoms with E-state index in [-0.39, 0.29) is 22.7 Å². The lowest BCUT2D eigenvalue weighted by molar-refractivity contribution is -0.275. The first kappa shape index (κ1) is 44.7. The van der Waals surface area contributed by atoms with E-state index >= 15 is 0 Å². The summed E-state index contributed by atoms with van der Waals surface area (Å²) in [6, 6.07) is 26.7. The van der Waals surface area contributed by atoms with E-state index in [1.807, 2.05) is 38.1 Å². The van der Waals surface area contributed by atoms with Crippen molar-refractivity contribution in [3.05, 3.63) is 137 Å². The molecule has 0 saturated carbocycles. The van der Waals surface area contributed by atoms with E-state index in [0.29, 0.717) is 32.0 Å².